The van der Waals surface area contributed by atoms with Crippen LogP contribution in [0.2, 0.25) is 0 Å². The highest BCUT2D eigenvalue weighted by atomic mass is 16.3. The Morgan fingerprint density at radius 2 is 1.88 bits per heavy atom. The minimum Gasteiger partial charge on any atom is -0.504 e. The molecule has 0 unspecified atom stereocenters. The van der Waals surface area contributed by atoms with Crippen LogP contribution in [0, 0.1) is 0 Å². The first kappa shape index (κ1) is 10.6. The van der Waals surface area contributed by atoms with Crippen LogP contribution in [0.3, 0.4) is 0 Å². The van der Waals surface area contributed by atoms with E-state index < -0.39 is 17.4 Å². The third-order valence-electron chi connectivity index (χ3n) is 2.88. The maximum absolute atomic E-state index is 11.6. The predicted molar refractivity (Wildman–Crippen MR) is 56.9 cm³/mol. The maximum Gasteiger partial charge on any atom is 0.255 e. The Hall–Kier alpha value is -1.91. The topological polar surface area (TPSA) is 89.8 Å². The highest BCUT2D eigenvalue weighted by Crippen LogP contribution is 2.44. The highest BCUT2D eigenvalue weighted by molar-refractivity contribution is 6.01. The van der Waals surface area contributed by atoms with Crippen molar-refractivity contribution in [3.63, 3.8) is 0 Å². The zero-order valence-electron chi connectivity index (χ0n) is 8.87. The molecule has 0 fully saturated rings. The van der Waals surface area contributed by atoms with Gasteiger partial charge in [0.05, 0.1) is 5.56 Å². The first-order valence-corrected chi connectivity index (χ1v) is 5.14. The zero-order chi connectivity index (χ0) is 11.9. The molecule has 0 radical (unpaired) electrons. The van der Waals surface area contributed by atoms with Gasteiger partial charge >= 0.3 is 0 Å². The van der Waals surface area contributed by atoms with Crippen LogP contribution in [0.5, 0.6) is 17.2 Å². The molecule has 0 aliphatic carbocycles. The van der Waals surface area contributed by atoms with Gasteiger partial charge in [-0.15, -0.1) is 0 Å². The van der Waals surface area contributed by atoms with Gasteiger partial charge in [-0.2, -0.15) is 0 Å². The molecule has 1 aromatic carbocycles. The van der Waals surface area contributed by atoms with Crippen LogP contribution in [0.25, 0.3) is 0 Å². The fraction of sp³-hybridized carbons (Fsp3) is 0.364. The monoisotopic (exact) mass is 223 g/mol. The standard InChI is InChI=1S/C11H13NO4/c1-2-5-6-3-4-12-11(16)7(6)9(14)10(15)8(5)13/h13-15H,2-4H2,1H3,(H,12,16). The molecule has 0 bridgehead atoms. The van der Waals surface area contributed by atoms with E-state index in [1.54, 1.807) is 0 Å². The summed E-state index contributed by atoms with van der Waals surface area (Å²) in [6.45, 7) is 2.29. The number of fused-ring (bicyclic) bond motifs is 1. The lowest BCUT2D eigenvalue weighted by Crippen LogP contribution is -2.32. The number of hydrogen-bond acceptors (Lipinski definition) is 4. The van der Waals surface area contributed by atoms with Crippen molar-refractivity contribution >= 4 is 5.91 Å². The van der Waals surface area contributed by atoms with Crippen molar-refractivity contribution in [1.82, 2.24) is 5.32 Å². The summed E-state index contributed by atoms with van der Waals surface area (Å²) in [7, 11) is 0. The second kappa shape index (κ2) is 3.59. The van der Waals surface area contributed by atoms with E-state index in [1.807, 2.05) is 6.92 Å². The summed E-state index contributed by atoms with van der Waals surface area (Å²) in [5.74, 6) is -1.90. The third kappa shape index (κ3) is 1.28. The van der Waals surface area contributed by atoms with Crippen molar-refractivity contribution in [3.05, 3.63) is 16.7 Å². The maximum atomic E-state index is 11.6. The Kier molecular flexibility index (Phi) is 2.38. The third-order valence-corrected chi connectivity index (χ3v) is 2.88. The molecule has 1 aromatic rings. The summed E-state index contributed by atoms with van der Waals surface area (Å²) < 4.78 is 0. The van der Waals surface area contributed by atoms with Crippen LogP contribution in [0.4, 0.5) is 0 Å². The molecule has 0 spiro atoms. The van der Waals surface area contributed by atoms with Gasteiger partial charge in [-0.05, 0) is 18.4 Å². The highest BCUT2D eigenvalue weighted by Gasteiger charge is 2.28. The summed E-state index contributed by atoms with van der Waals surface area (Å²) in [4.78, 5) is 11.6. The zero-order valence-corrected chi connectivity index (χ0v) is 8.87. The van der Waals surface area contributed by atoms with Crippen LogP contribution in [-0.4, -0.2) is 27.8 Å². The van der Waals surface area contributed by atoms with Gasteiger partial charge in [0, 0.05) is 12.1 Å². The molecule has 5 nitrogen and oxygen atoms in total. The molecular weight excluding hydrogens is 210 g/mol. The average Bonchev–Trinajstić information content (AvgIpc) is 2.27. The molecule has 2 rings (SSSR count). The van der Waals surface area contributed by atoms with E-state index in [0.717, 1.165) is 0 Å². The van der Waals surface area contributed by atoms with Gasteiger partial charge in [0.1, 0.15) is 0 Å². The number of phenols is 3. The summed E-state index contributed by atoms with van der Waals surface area (Å²) in [5.41, 5.74) is 1.23. The fourth-order valence-corrected chi connectivity index (χ4v) is 2.10. The number of benzene rings is 1. The number of rotatable bonds is 1. The molecule has 5 heteroatoms. The van der Waals surface area contributed by atoms with E-state index in [4.69, 9.17) is 0 Å². The summed E-state index contributed by atoms with van der Waals surface area (Å²) >= 11 is 0. The van der Waals surface area contributed by atoms with Gasteiger partial charge in [-0.25, -0.2) is 0 Å². The Morgan fingerprint density at radius 1 is 1.19 bits per heavy atom. The number of hydrogen-bond donors (Lipinski definition) is 4. The Balaban J connectivity index is 2.79. The first-order chi connectivity index (χ1) is 7.57. The molecule has 1 aliphatic heterocycles. The Morgan fingerprint density at radius 3 is 2.50 bits per heavy atom. The Bertz CT molecular complexity index is 468. The molecule has 1 heterocycles. The quantitative estimate of drug-likeness (QED) is 0.526. The SMILES string of the molecule is CCc1c(O)c(O)c(O)c2c1CCNC2=O. The summed E-state index contributed by atoms with van der Waals surface area (Å²) in [6, 6.07) is 0. The summed E-state index contributed by atoms with van der Waals surface area (Å²) in [5, 5.41) is 31.4. The van der Waals surface area contributed by atoms with E-state index in [-0.39, 0.29) is 11.3 Å². The fourth-order valence-electron chi connectivity index (χ4n) is 2.10. The molecular formula is C11H13NO4. The van der Waals surface area contributed by atoms with E-state index in [0.29, 0.717) is 30.5 Å². The second-order valence-electron chi connectivity index (χ2n) is 3.74. The van der Waals surface area contributed by atoms with Crippen LogP contribution in [0.15, 0.2) is 0 Å². The number of aromatic hydroxyl groups is 3. The van der Waals surface area contributed by atoms with Gasteiger partial charge in [-0.3, -0.25) is 4.79 Å². The van der Waals surface area contributed by atoms with E-state index in [2.05, 4.69) is 5.32 Å². The van der Waals surface area contributed by atoms with Crippen LogP contribution in [0.1, 0.15) is 28.4 Å². The molecule has 16 heavy (non-hydrogen) atoms. The van der Waals surface area contributed by atoms with Crippen molar-refractivity contribution in [2.75, 3.05) is 6.54 Å². The molecule has 1 amide bonds. The minimum atomic E-state index is -0.618. The molecule has 0 atom stereocenters. The van der Waals surface area contributed by atoms with Gasteiger partial charge in [0.2, 0.25) is 5.75 Å². The van der Waals surface area contributed by atoms with Crippen LogP contribution < -0.4 is 5.32 Å². The lowest BCUT2D eigenvalue weighted by molar-refractivity contribution is 0.0942. The molecule has 86 valence electrons. The molecule has 0 saturated heterocycles. The van der Waals surface area contributed by atoms with Crippen LogP contribution >= 0.6 is 0 Å². The van der Waals surface area contributed by atoms with E-state index >= 15 is 0 Å². The first-order valence-electron chi connectivity index (χ1n) is 5.14. The average molecular weight is 223 g/mol. The predicted octanol–water partition coefficient (Wildman–Crippen LogP) is 0.652. The number of amides is 1. The second-order valence-corrected chi connectivity index (χ2v) is 3.74. The minimum absolute atomic E-state index is 0.0819. The number of carbonyl (C=O) groups is 1. The lowest BCUT2D eigenvalue weighted by Gasteiger charge is -2.22. The Labute approximate surface area is 92.3 Å². The van der Waals surface area contributed by atoms with Crippen molar-refractivity contribution in [3.8, 4) is 17.2 Å². The lowest BCUT2D eigenvalue weighted by atomic mass is 9.91. The van der Waals surface area contributed by atoms with Gasteiger partial charge < -0.3 is 20.6 Å². The van der Waals surface area contributed by atoms with Crippen molar-refractivity contribution in [2.45, 2.75) is 19.8 Å². The normalized spacial score (nSPS) is 14.4. The van der Waals surface area contributed by atoms with Gasteiger partial charge in [0.15, 0.2) is 11.5 Å². The molecule has 4 N–H and O–H groups in total. The van der Waals surface area contributed by atoms with Gasteiger partial charge in [0.25, 0.3) is 5.91 Å². The summed E-state index contributed by atoms with van der Waals surface area (Å²) in [6.07, 6.45) is 1.04. The number of nitrogens with one attached hydrogen (secondary N) is 1. The van der Waals surface area contributed by atoms with Crippen molar-refractivity contribution < 1.29 is 20.1 Å². The van der Waals surface area contributed by atoms with E-state index in [9.17, 15) is 20.1 Å². The molecule has 0 aromatic heterocycles. The number of phenolic OH excluding ortho intramolecular Hbond substituents is 3. The smallest absolute Gasteiger partial charge is 0.255 e. The van der Waals surface area contributed by atoms with Crippen LogP contribution in [-0.2, 0) is 12.8 Å². The van der Waals surface area contributed by atoms with Crippen molar-refractivity contribution in [2.24, 2.45) is 0 Å². The van der Waals surface area contributed by atoms with E-state index in [1.165, 1.54) is 0 Å². The van der Waals surface area contributed by atoms with Crippen molar-refractivity contribution in [1.29, 1.82) is 0 Å². The molecule has 1 aliphatic rings. The van der Waals surface area contributed by atoms with Gasteiger partial charge in [-0.1, -0.05) is 6.92 Å². The largest absolute Gasteiger partial charge is 0.504 e. The molecule has 0 saturated carbocycles. The number of carbonyl (C=O) groups excluding carboxylic acids is 1.